The van der Waals surface area contributed by atoms with E-state index in [4.69, 9.17) is 0 Å². The maximum Gasteiger partial charge on any atom is 0.282 e. The molecule has 1 amide bonds. The Bertz CT molecular complexity index is 1000. The molecule has 7 heteroatoms. The summed E-state index contributed by atoms with van der Waals surface area (Å²) in [5, 5.41) is 2.87. The lowest BCUT2D eigenvalue weighted by Gasteiger charge is -2.28. The summed E-state index contributed by atoms with van der Waals surface area (Å²) < 4.78 is 25.8. The Balaban J connectivity index is 1.65. The maximum atomic E-state index is 12.7. The van der Waals surface area contributed by atoms with Crippen LogP contribution < -0.4 is 10.2 Å². The van der Waals surface area contributed by atoms with Gasteiger partial charge in [-0.15, -0.1) is 0 Å². The number of hydrogen-bond donors (Lipinski definition) is 2. The van der Waals surface area contributed by atoms with Crippen LogP contribution in [0.2, 0.25) is 0 Å². The zero-order chi connectivity index (χ0) is 21.0. The molecule has 0 bridgehead atoms. The number of carbonyl (C=O) groups is 1. The molecule has 0 aromatic heterocycles. The Labute approximate surface area is 172 Å². The molecule has 0 aliphatic carbocycles. The van der Waals surface area contributed by atoms with Crippen LogP contribution in [0.25, 0.3) is 5.57 Å². The molecule has 6 nitrogen and oxygen atoms in total. The Kier molecular flexibility index (Phi) is 6.52. The first-order valence-electron chi connectivity index (χ1n) is 9.71. The molecule has 0 radical (unpaired) electrons. The van der Waals surface area contributed by atoms with Gasteiger partial charge in [-0.05, 0) is 42.3 Å². The molecule has 0 fully saturated rings. The number of sulfonamides is 1. The second kappa shape index (κ2) is 8.90. The minimum absolute atomic E-state index is 0.115. The van der Waals surface area contributed by atoms with Crippen molar-refractivity contribution in [3.63, 3.8) is 0 Å². The van der Waals surface area contributed by atoms with Gasteiger partial charge >= 0.3 is 0 Å². The first-order chi connectivity index (χ1) is 13.8. The molecule has 1 heterocycles. The van der Waals surface area contributed by atoms with Crippen molar-refractivity contribution in [1.82, 2.24) is 4.31 Å². The van der Waals surface area contributed by atoms with E-state index in [9.17, 15) is 13.2 Å². The lowest BCUT2D eigenvalue weighted by molar-refractivity contribution is -0.909. The molecule has 1 aliphatic heterocycles. The van der Waals surface area contributed by atoms with Gasteiger partial charge in [0.05, 0.1) is 18.0 Å². The summed E-state index contributed by atoms with van der Waals surface area (Å²) in [6, 6.07) is 16.4. The van der Waals surface area contributed by atoms with Crippen LogP contribution in [0.1, 0.15) is 18.9 Å². The lowest BCUT2D eigenvalue weighted by atomic mass is 9.99. The fourth-order valence-electron chi connectivity index (χ4n) is 3.44. The zero-order valence-electron chi connectivity index (χ0n) is 17.1. The van der Waals surface area contributed by atoms with Crippen LogP contribution in [0, 0.1) is 0 Å². The minimum atomic E-state index is -3.54. The van der Waals surface area contributed by atoms with Crippen molar-refractivity contribution in [3.8, 4) is 0 Å². The second-order valence-electron chi connectivity index (χ2n) is 7.48. The predicted octanol–water partition coefficient (Wildman–Crippen LogP) is 1.64. The number of nitrogens with zero attached hydrogens (tertiary/aromatic N) is 1. The fraction of sp³-hybridized carbons (Fsp3) is 0.318. The summed E-state index contributed by atoms with van der Waals surface area (Å²) in [5.74, 6) is -0.115. The summed E-state index contributed by atoms with van der Waals surface area (Å²) in [4.78, 5) is 14.1. The number of anilines is 1. The van der Waals surface area contributed by atoms with Crippen LogP contribution in [0.5, 0.6) is 0 Å². The van der Waals surface area contributed by atoms with E-state index in [2.05, 4.69) is 23.5 Å². The largest absolute Gasteiger partial charge is 0.321 e. The van der Waals surface area contributed by atoms with Crippen LogP contribution in [0.15, 0.2) is 65.6 Å². The van der Waals surface area contributed by atoms with E-state index in [-0.39, 0.29) is 16.8 Å². The van der Waals surface area contributed by atoms with Crippen molar-refractivity contribution in [2.75, 3.05) is 32.5 Å². The Morgan fingerprint density at radius 2 is 1.83 bits per heavy atom. The number of nitrogens with one attached hydrogen (secondary N) is 2. The molecule has 2 aromatic carbocycles. The molecular formula is C22H28N3O3S+. The van der Waals surface area contributed by atoms with Crippen molar-refractivity contribution in [1.29, 1.82) is 0 Å². The third-order valence-electron chi connectivity index (χ3n) is 5.36. The Hall–Kier alpha value is -2.48. The van der Waals surface area contributed by atoms with Crippen molar-refractivity contribution >= 4 is 27.2 Å². The van der Waals surface area contributed by atoms with Gasteiger partial charge in [0, 0.05) is 26.2 Å². The van der Waals surface area contributed by atoms with Crippen molar-refractivity contribution in [2.45, 2.75) is 24.3 Å². The van der Waals surface area contributed by atoms with Gasteiger partial charge in [-0.3, -0.25) is 4.79 Å². The highest BCUT2D eigenvalue weighted by Crippen LogP contribution is 2.19. The van der Waals surface area contributed by atoms with Gasteiger partial charge in [0.2, 0.25) is 10.0 Å². The predicted molar refractivity (Wildman–Crippen MR) is 115 cm³/mol. The Morgan fingerprint density at radius 1 is 1.10 bits per heavy atom. The first kappa shape index (κ1) is 21.2. The van der Waals surface area contributed by atoms with Gasteiger partial charge in [0.25, 0.3) is 5.91 Å². The molecule has 0 saturated heterocycles. The third kappa shape index (κ3) is 4.93. The van der Waals surface area contributed by atoms with Crippen LogP contribution in [-0.4, -0.2) is 51.9 Å². The van der Waals surface area contributed by atoms with Crippen molar-refractivity contribution < 1.29 is 18.1 Å². The lowest BCUT2D eigenvalue weighted by Crippen LogP contribution is -3.17. The summed E-state index contributed by atoms with van der Waals surface area (Å²) >= 11 is 0. The normalized spacial score (nSPS) is 18.2. The van der Waals surface area contributed by atoms with Crippen molar-refractivity contribution in [2.24, 2.45) is 0 Å². The van der Waals surface area contributed by atoms with E-state index in [1.165, 1.54) is 42.3 Å². The standard InChI is InChI=1S/C22H27N3O3S/c1-17(25-14-12-19(13-15-25)18-8-5-4-6-9-18)22(26)23-20-10-7-11-21(16-20)29(27,28)24(2)3/h4-12,16-17H,13-15H2,1-3H3,(H,23,26)/p+1/t17-/m0/s1. The van der Waals surface area contributed by atoms with Crippen LogP contribution >= 0.6 is 0 Å². The van der Waals surface area contributed by atoms with Gasteiger partial charge in [-0.1, -0.05) is 36.4 Å². The molecule has 2 aromatic rings. The van der Waals surface area contributed by atoms with Gasteiger partial charge in [0.15, 0.2) is 6.04 Å². The summed E-state index contributed by atoms with van der Waals surface area (Å²) in [6.07, 6.45) is 3.13. The van der Waals surface area contributed by atoms with E-state index in [1.807, 2.05) is 25.1 Å². The average molecular weight is 415 g/mol. The molecule has 3 rings (SSSR count). The molecule has 1 unspecified atom stereocenters. The van der Waals surface area contributed by atoms with Gasteiger partial charge < -0.3 is 10.2 Å². The van der Waals surface area contributed by atoms with E-state index in [0.29, 0.717) is 5.69 Å². The van der Waals surface area contributed by atoms with E-state index < -0.39 is 10.0 Å². The number of amides is 1. The van der Waals surface area contributed by atoms with Gasteiger partial charge in [-0.25, -0.2) is 12.7 Å². The highest BCUT2D eigenvalue weighted by molar-refractivity contribution is 7.89. The molecule has 0 spiro atoms. The van der Waals surface area contributed by atoms with Gasteiger partial charge in [0.1, 0.15) is 0 Å². The second-order valence-corrected chi connectivity index (χ2v) is 9.64. The number of quaternary nitrogens is 1. The summed E-state index contributed by atoms with van der Waals surface area (Å²) in [5.41, 5.74) is 3.05. The number of hydrogen-bond acceptors (Lipinski definition) is 3. The van der Waals surface area contributed by atoms with Crippen LogP contribution in [0.4, 0.5) is 5.69 Å². The SMILES string of the molecule is C[C@@H](C(=O)Nc1cccc(S(=O)(=O)N(C)C)c1)[NH+]1CC=C(c2ccccc2)CC1. The Morgan fingerprint density at radius 3 is 2.45 bits per heavy atom. The molecule has 154 valence electrons. The maximum absolute atomic E-state index is 12.7. The summed E-state index contributed by atoms with van der Waals surface area (Å²) in [6.45, 7) is 3.57. The molecule has 2 N–H and O–H groups in total. The third-order valence-corrected chi connectivity index (χ3v) is 7.17. The number of benzene rings is 2. The monoisotopic (exact) mass is 414 g/mol. The van der Waals surface area contributed by atoms with E-state index in [0.717, 1.165) is 23.8 Å². The molecule has 0 saturated carbocycles. The van der Waals surface area contributed by atoms with Crippen molar-refractivity contribution in [3.05, 3.63) is 66.2 Å². The molecule has 2 atom stereocenters. The number of carbonyl (C=O) groups excluding carboxylic acids is 1. The highest BCUT2D eigenvalue weighted by Gasteiger charge is 2.27. The number of rotatable bonds is 6. The topological polar surface area (TPSA) is 70.9 Å². The first-order valence-corrected chi connectivity index (χ1v) is 11.2. The smallest absolute Gasteiger partial charge is 0.282 e. The molecule has 1 aliphatic rings. The molecule has 29 heavy (non-hydrogen) atoms. The van der Waals surface area contributed by atoms with E-state index in [1.54, 1.807) is 12.1 Å². The fourth-order valence-corrected chi connectivity index (χ4v) is 4.39. The van der Waals surface area contributed by atoms with Crippen LogP contribution in [0.3, 0.4) is 0 Å². The highest BCUT2D eigenvalue weighted by atomic mass is 32.2. The van der Waals surface area contributed by atoms with Gasteiger partial charge in [-0.2, -0.15) is 0 Å². The zero-order valence-corrected chi connectivity index (χ0v) is 17.9. The van der Waals surface area contributed by atoms with E-state index >= 15 is 0 Å². The average Bonchev–Trinajstić information content (AvgIpc) is 2.74. The molecular weight excluding hydrogens is 386 g/mol. The summed E-state index contributed by atoms with van der Waals surface area (Å²) in [7, 11) is -0.568. The quantitative estimate of drug-likeness (QED) is 0.755. The minimum Gasteiger partial charge on any atom is -0.321 e. The van der Waals surface area contributed by atoms with Crippen LogP contribution in [-0.2, 0) is 14.8 Å².